The van der Waals surface area contributed by atoms with E-state index in [2.05, 4.69) is 4.98 Å². The summed E-state index contributed by atoms with van der Waals surface area (Å²) in [5.74, 6) is -0.727. The minimum atomic E-state index is -1.19. The molecule has 9 heteroatoms. The molecule has 0 aliphatic carbocycles. The molecule has 136 valence electrons. The maximum atomic E-state index is 12.4. The number of para-hydroxylation sites is 1. The van der Waals surface area contributed by atoms with Crippen molar-refractivity contribution in [1.82, 2.24) is 14.8 Å². The fourth-order valence-electron chi connectivity index (χ4n) is 2.92. The number of rotatable bonds is 4. The fourth-order valence-corrected chi connectivity index (χ4v) is 2.92. The number of benzene rings is 1. The number of amides is 1. The maximum Gasteiger partial charge on any atom is 0.311 e. The van der Waals surface area contributed by atoms with Crippen molar-refractivity contribution >= 4 is 11.6 Å². The number of phenols is 1. The Kier molecular flexibility index (Phi) is 5.10. The third-order valence-corrected chi connectivity index (χ3v) is 4.35. The van der Waals surface area contributed by atoms with Crippen LogP contribution in [0.25, 0.3) is 0 Å². The molecular formula is C17H18N4O5. The third-order valence-electron chi connectivity index (χ3n) is 4.35. The Morgan fingerprint density at radius 2 is 1.88 bits per heavy atom. The molecule has 0 radical (unpaired) electrons. The smallest absolute Gasteiger partial charge is 0.311 e. The van der Waals surface area contributed by atoms with Crippen molar-refractivity contribution < 1.29 is 19.9 Å². The summed E-state index contributed by atoms with van der Waals surface area (Å²) in [4.78, 5) is 29.9. The third kappa shape index (κ3) is 3.48. The number of hydrogen-bond donors (Lipinski definition) is 2. The molecule has 9 nitrogen and oxygen atoms in total. The van der Waals surface area contributed by atoms with Crippen LogP contribution in [0.3, 0.4) is 0 Å². The number of nitro groups is 1. The molecule has 2 N–H and O–H groups in total. The van der Waals surface area contributed by atoms with Crippen LogP contribution in [-0.2, 0) is 0 Å². The molecule has 0 saturated carbocycles. The SMILES string of the molecule is O=C(c1ccccn1)N1CCN(C(O)c2cccc([N+](=O)[O-])c2O)CC1. The van der Waals surface area contributed by atoms with E-state index in [0.29, 0.717) is 31.9 Å². The number of pyridine rings is 1. The fraction of sp³-hybridized carbons (Fsp3) is 0.294. The highest BCUT2D eigenvalue weighted by Gasteiger charge is 2.29. The summed E-state index contributed by atoms with van der Waals surface area (Å²) < 4.78 is 0. The molecule has 26 heavy (non-hydrogen) atoms. The molecule has 1 fully saturated rings. The number of phenolic OH excluding ortho intramolecular Hbond substituents is 1. The van der Waals surface area contributed by atoms with Gasteiger partial charge in [0.2, 0.25) is 5.75 Å². The lowest BCUT2D eigenvalue weighted by Crippen LogP contribution is -2.49. The zero-order chi connectivity index (χ0) is 18.7. The lowest BCUT2D eigenvalue weighted by Gasteiger charge is -2.37. The molecule has 1 aromatic heterocycles. The van der Waals surface area contributed by atoms with Gasteiger partial charge >= 0.3 is 5.69 Å². The summed E-state index contributed by atoms with van der Waals surface area (Å²) in [5.41, 5.74) is -0.0213. The average Bonchev–Trinajstić information content (AvgIpc) is 2.67. The molecular weight excluding hydrogens is 340 g/mol. The highest BCUT2D eigenvalue weighted by molar-refractivity contribution is 5.92. The van der Waals surface area contributed by atoms with Crippen LogP contribution in [0.2, 0.25) is 0 Å². The number of nitrogens with zero attached hydrogens (tertiary/aromatic N) is 4. The van der Waals surface area contributed by atoms with Gasteiger partial charge in [-0.15, -0.1) is 0 Å². The summed E-state index contributed by atoms with van der Waals surface area (Å²) in [6.07, 6.45) is 0.361. The Labute approximate surface area is 149 Å². The van der Waals surface area contributed by atoms with Gasteiger partial charge in [0.25, 0.3) is 5.91 Å². The number of aliphatic hydroxyl groups excluding tert-OH is 1. The normalized spacial score (nSPS) is 16.3. The standard InChI is InChI=1S/C17H18N4O5/c22-15-12(4-3-6-14(15)21(25)26)16(23)19-8-10-20(11-9-19)17(24)13-5-1-2-7-18-13/h1-7,16,22-23H,8-11H2. The summed E-state index contributed by atoms with van der Waals surface area (Å²) in [7, 11) is 0. The van der Waals surface area contributed by atoms with Gasteiger partial charge in [-0.05, 0) is 12.1 Å². The highest BCUT2D eigenvalue weighted by atomic mass is 16.6. The summed E-state index contributed by atoms with van der Waals surface area (Å²) in [6.45, 7) is 1.48. The zero-order valence-corrected chi connectivity index (χ0v) is 13.9. The van der Waals surface area contributed by atoms with Crippen molar-refractivity contribution in [3.05, 3.63) is 64.0 Å². The van der Waals surface area contributed by atoms with E-state index < -0.39 is 22.6 Å². The van der Waals surface area contributed by atoms with E-state index in [1.807, 2.05) is 0 Å². The van der Waals surface area contributed by atoms with Gasteiger partial charge in [0.15, 0.2) is 0 Å². The minimum Gasteiger partial charge on any atom is -0.502 e. The predicted octanol–water partition coefficient (Wildman–Crippen LogP) is 1.14. The topological polar surface area (TPSA) is 120 Å². The van der Waals surface area contributed by atoms with Crippen LogP contribution in [0, 0.1) is 10.1 Å². The second kappa shape index (κ2) is 7.46. The quantitative estimate of drug-likeness (QED) is 0.621. The maximum absolute atomic E-state index is 12.4. The molecule has 2 heterocycles. The number of hydrogen-bond acceptors (Lipinski definition) is 7. The van der Waals surface area contributed by atoms with Crippen molar-refractivity contribution in [3.63, 3.8) is 0 Å². The van der Waals surface area contributed by atoms with Crippen LogP contribution in [0.15, 0.2) is 42.6 Å². The molecule has 2 aromatic rings. The first-order valence-electron chi connectivity index (χ1n) is 8.07. The monoisotopic (exact) mass is 358 g/mol. The van der Waals surface area contributed by atoms with Gasteiger partial charge in [-0.25, -0.2) is 0 Å². The van der Waals surface area contributed by atoms with Crippen LogP contribution in [0.4, 0.5) is 5.69 Å². The van der Waals surface area contributed by atoms with Crippen molar-refractivity contribution in [2.75, 3.05) is 26.2 Å². The molecule has 1 unspecified atom stereocenters. The van der Waals surface area contributed by atoms with Gasteiger partial charge < -0.3 is 15.1 Å². The van der Waals surface area contributed by atoms with E-state index in [1.165, 1.54) is 18.2 Å². The molecule has 1 amide bonds. The molecule has 0 spiro atoms. The number of carbonyl (C=O) groups excluding carboxylic acids is 1. The lowest BCUT2D eigenvalue weighted by atomic mass is 10.1. The van der Waals surface area contributed by atoms with Crippen molar-refractivity contribution in [2.45, 2.75) is 6.23 Å². The summed E-state index contributed by atoms with van der Waals surface area (Å²) >= 11 is 0. The second-order valence-corrected chi connectivity index (χ2v) is 5.89. The molecule has 1 aliphatic heterocycles. The molecule has 1 atom stereocenters. The van der Waals surface area contributed by atoms with Crippen LogP contribution in [0.5, 0.6) is 5.75 Å². The van der Waals surface area contributed by atoms with Crippen molar-refractivity contribution in [2.24, 2.45) is 0 Å². The average molecular weight is 358 g/mol. The van der Waals surface area contributed by atoms with Crippen molar-refractivity contribution in [3.8, 4) is 5.75 Å². The minimum absolute atomic E-state index is 0.0729. The van der Waals surface area contributed by atoms with E-state index in [0.717, 1.165) is 0 Å². The first-order valence-corrected chi connectivity index (χ1v) is 8.07. The number of aromatic nitrogens is 1. The zero-order valence-electron chi connectivity index (χ0n) is 13.9. The Morgan fingerprint density at radius 1 is 1.15 bits per heavy atom. The lowest BCUT2D eigenvalue weighted by molar-refractivity contribution is -0.386. The molecule has 3 rings (SSSR count). The van der Waals surface area contributed by atoms with Gasteiger partial charge in [-0.2, -0.15) is 0 Å². The highest BCUT2D eigenvalue weighted by Crippen LogP contribution is 2.34. The second-order valence-electron chi connectivity index (χ2n) is 5.89. The van der Waals surface area contributed by atoms with Crippen molar-refractivity contribution in [1.29, 1.82) is 0 Å². The van der Waals surface area contributed by atoms with Gasteiger partial charge in [0.1, 0.15) is 11.9 Å². The Morgan fingerprint density at radius 3 is 2.50 bits per heavy atom. The van der Waals surface area contributed by atoms with Crippen LogP contribution in [-0.4, -0.2) is 62.0 Å². The first kappa shape index (κ1) is 17.8. The molecule has 0 bridgehead atoms. The van der Waals surface area contributed by atoms with E-state index in [-0.39, 0.29) is 11.5 Å². The summed E-state index contributed by atoms with van der Waals surface area (Å²) in [5, 5.41) is 31.5. The van der Waals surface area contributed by atoms with Crippen LogP contribution < -0.4 is 0 Å². The van der Waals surface area contributed by atoms with Gasteiger partial charge in [-0.1, -0.05) is 18.2 Å². The Hall–Kier alpha value is -3.04. The number of carbonyl (C=O) groups is 1. The Balaban J connectivity index is 1.68. The van der Waals surface area contributed by atoms with Gasteiger partial charge in [-0.3, -0.25) is 24.8 Å². The molecule has 1 aliphatic rings. The van der Waals surface area contributed by atoms with Gasteiger partial charge in [0, 0.05) is 44.0 Å². The van der Waals surface area contributed by atoms with Crippen LogP contribution in [0.1, 0.15) is 22.3 Å². The van der Waals surface area contributed by atoms with E-state index in [9.17, 15) is 25.1 Å². The van der Waals surface area contributed by atoms with E-state index >= 15 is 0 Å². The number of aromatic hydroxyl groups is 1. The number of nitro benzene ring substituents is 1. The predicted molar refractivity (Wildman–Crippen MR) is 91.4 cm³/mol. The van der Waals surface area contributed by atoms with Crippen LogP contribution >= 0.6 is 0 Å². The number of piperazine rings is 1. The molecule has 1 saturated heterocycles. The van der Waals surface area contributed by atoms with Gasteiger partial charge in [0.05, 0.1) is 4.92 Å². The molecule has 1 aromatic carbocycles. The largest absolute Gasteiger partial charge is 0.502 e. The van der Waals surface area contributed by atoms with E-state index in [4.69, 9.17) is 0 Å². The van der Waals surface area contributed by atoms with E-state index in [1.54, 1.807) is 34.2 Å². The first-order chi connectivity index (χ1) is 12.5. The Bertz CT molecular complexity index is 806. The summed E-state index contributed by atoms with van der Waals surface area (Å²) in [6, 6.07) is 9.15. The number of aliphatic hydroxyl groups is 1.